The molecule has 0 saturated carbocycles. The minimum Gasteiger partial charge on any atom is -0.496 e. The lowest BCUT2D eigenvalue weighted by Gasteiger charge is -2.25. The number of ether oxygens (including phenoxy) is 1. The van der Waals surface area contributed by atoms with E-state index in [0.717, 1.165) is 21.5 Å². The van der Waals surface area contributed by atoms with Gasteiger partial charge in [-0.3, -0.25) is 14.9 Å². The highest BCUT2D eigenvalue weighted by atomic mass is 79.9. The number of hydrogen-bond acceptors (Lipinski definition) is 5. The van der Waals surface area contributed by atoms with Crippen molar-refractivity contribution in [1.29, 1.82) is 0 Å². The summed E-state index contributed by atoms with van der Waals surface area (Å²) in [6.45, 7) is 0.612. The van der Waals surface area contributed by atoms with Crippen LogP contribution in [0.5, 0.6) is 5.75 Å². The molecule has 0 aromatic heterocycles. The second-order valence-corrected chi connectivity index (χ2v) is 7.52. The van der Waals surface area contributed by atoms with Crippen molar-refractivity contribution in [2.24, 2.45) is 0 Å². The molecule has 8 heteroatoms. The monoisotopic (exact) mass is 422 g/mol. The van der Waals surface area contributed by atoms with Crippen LogP contribution in [0, 0.1) is 10.1 Å². The maximum absolute atomic E-state index is 12.9. The second-order valence-electron chi connectivity index (χ2n) is 5.41. The Kier molecular flexibility index (Phi) is 5.29. The predicted molar refractivity (Wildman–Crippen MR) is 100 cm³/mol. The normalized spacial score (nSPS) is 16.7. The van der Waals surface area contributed by atoms with Crippen molar-refractivity contribution in [2.75, 3.05) is 19.4 Å². The summed E-state index contributed by atoms with van der Waals surface area (Å²) in [5.74, 6) is 1.40. The number of carbonyl (C=O) groups is 1. The van der Waals surface area contributed by atoms with Crippen LogP contribution in [-0.4, -0.2) is 35.1 Å². The van der Waals surface area contributed by atoms with Crippen molar-refractivity contribution < 1.29 is 14.5 Å². The zero-order valence-corrected chi connectivity index (χ0v) is 15.7. The van der Waals surface area contributed by atoms with E-state index in [4.69, 9.17) is 4.74 Å². The molecule has 1 amide bonds. The van der Waals surface area contributed by atoms with E-state index in [-0.39, 0.29) is 17.0 Å². The number of nitrogens with zero attached hydrogens (tertiary/aromatic N) is 2. The number of hydrogen-bond donors (Lipinski definition) is 0. The van der Waals surface area contributed by atoms with Crippen LogP contribution in [-0.2, 0) is 0 Å². The molecule has 130 valence electrons. The highest BCUT2D eigenvalue weighted by Crippen LogP contribution is 2.43. The molecule has 0 N–H and O–H groups in total. The first kappa shape index (κ1) is 17.8. The van der Waals surface area contributed by atoms with Crippen LogP contribution >= 0.6 is 27.7 Å². The Morgan fingerprint density at radius 2 is 2.04 bits per heavy atom. The topological polar surface area (TPSA) is 72.7 Å². The van der Waals surface area contributed by atoms with E-state index in [9.17, 15) is 14.9 Å². The smallest absolute Gasteiger partial charge is 0.269 e. The average molecular weight is 423 g/mol. The number of benzene rings is 2. The quantitative estimate of drug-likeness (QED) is 0.543. The fourth-order valence-electron chi connectivity index (χ4n) is 2.73. The van der Waals surface area contributed by atoms with Crippen LogP contribution in [0.25, 0.3) is 0 Å². The molecule has 1 atom stereocenters. The molecule has 0 unspecified atom stereocenters. The molecule has 2 aromatic rings. The van der Waals surface area contributed by atoms with Gasteiger partial charge in [0, 0.05) is 40.0 Å². The summed E-state index contributed by atoms with van der Waals surface area (Å²) in [5, 5.41) is 10.6. The SMILES string of the molecule is COc1ccc(Br)cc1[C@@H]1SCCN1C(=O)c1ccc([N+](=O)[O-])cc1. The number of carbonyl (C=O) groups excluding carboxylic acids is 1. The third-order valence-corrected chi connectivity index (χ3v) is 5.67. The lowest BCUT2D eigenvalue weighted by atomic mass is 10.1. The number of thioether (sulfide) groups is 1. The third kappa shape index (κ3) is 3.64. The van der Waals surface area contributed by atoms with Crippen molar-refractivity contribution in [3.63, 3.8) is 0 Å². The molecule has 0 bridgehead atoms. The van der Waals surface area contributed by atoms with Gasteiger partial charge in [-0.1, -0.05) is 15.9 Å². The zero-order valence-electron chi connectivity index (χ0n) is 13.3. The van der Waals surface area contributed by atoms with Crippen molar-refractivity contribution in [3.05, 3.63) is 68.2 Å². The Balaban J connectivity index is 1.90. The number of halogens is 1. The first-order chi connectivity index (χ1) is 12.0. The molecular formula is C17H15BrN2O4S. The van der Waals surface area contributed by atoms with Gasteiger partial charge in [0.25, 0.3) is 11.6 Å². The second kappa shape index (κ2) is 7.45. The lowest BCUT2D eigenvalue weighted by Crippen LogP contribution is -2.30. The standard InChI is InChI=1S/C17H15BrN2O4S/c1-24-15-7-4-12(18)10-14(15)17-19(8-9-25-17)16(21)11-2-5-13(6-3-11)20(22)23/h2-7,10,17H,8-9H2,1H3/t17-/m0/s1. The van der Waals surface area contributed by atoms with Crippen LogP contribution in [0.3, 0.4) is 0 Å². The minimum atomic E-state index is -0.477. The van der Waals surface area contributed by atoms with Gasteiger partial charge < -0.3 is 9.64 Å². The number of rotatable bonds is 4. The van der Waals surface area contributed by atoms with Crippen LogP contribution in [0.2, 0.25) is 0 Å². The van der Waals surface area contributed by atoms with E-state index in [1.807, 2.05) is 18.2 Å². The predicted octanol–water partition coefficient (Wildman–Crippen LogP) is 4.25. The average Bonchev–Trinajstić information content (AvgIpc) is 3.10. The van der Waals surface area contributed by atoms with E-state index < -0.39 is 4.92 Å². The molecule has 1 heterocycles. The summed E-state index contributed by atoms with van der Waals surface area (Å²) < 4.78 is 6.36. The van der Waals surface area contributed by atoms with Crippen molar-refractivity contribution in [3.8, 4) is 5.75 Å². The van der Waals surface area contributed by atoms with Gasteiger partial charge in [-0.05, 0) is 30.3 Å². The molecule has 0 spiro atoms. The van der Waals surface area contributed by atoms with Crippen molar-refractivity contribution in [1.82, 2.24) is 4.90 Å². The zero-order chi connectivity index (χ0) is 18.0. The van der Waals surface area contributed by atoms with Gasteiger partial charge in [0.05, 0.1) is 12.0 Å². The van der Waals surface area contributed by atoms with E-state index in [2.05, 4.69) is 15.9 Å². The van der Waals surface area contributed by atoms with Crippen LogP contribution in [0.4, 0.5) is 5.69 Å². The maximum Gasteiger partial charge on any atom is 0.269 e. The number of non-ortho nitro benzene ring substituents is 1. The van der Waals surface area contributed by atoms with Gasteiger partial charge in [0.2, 0.25) is 0 Å². The minimum absolute atomic E-state index is 0.0300. The Morgan fingerprint density at radius 1 is 1.32 bits per heavy atom. The molecule has 1 aliphatic rings. The largest absolute Gasteiger partial charge is 0.496 e. The third-order valence-electron chi connectivity index (χ3n) is 3.93. The van der Waals surface area contributed by atoms with Crippen molar-refractivity contribution >= 4 is 39.3 Å². The van der Waals surface area contributed by atoms with Crippen LogP contribution in [0.1, 0.15) is 21.3 Å². The molecule has 6 nitrogen and oxygen atoms in total. The van der Waals surface area contributed by atoms with E-state index in [0.29, 0.717) is 12.1 Å². The summed E-state index contributed by atoms with van der Waals surface area (Å²) >= 11 is 5.13. The highest BCUT2D eigenvalue weighted by Gasteiger charge is 2.33. The molecule has 3 rings (SSSR count). The first-order valence-corrected chi connectivity index (χ1v) is 9.36. The first-order valence-electron chi connectivity index (χ1n) is 7.51. The summed E-state index contributed by atoms with van der Waals surface area (Å²) in [7, 11) is 1.61. The van der Waals surface area contributed by atoms with Gasteiger partial charge in [0.1, 0.15) is 11.1 Å². The van der Waals surface area contributed by atoms with Gasteiger partial charge in [-0.15, -0.1) is 11.8 Å². The molecule has 1 aliphatic heterocycles. The number of nitro groups is 1. The van der Waals surface area contributed by atoms with Gasteiger partial charge in [0.15, 0.2) is 0 Å². The fourth-order valence-corrected chi connectivity index (χ4v) is 4.37. The van der Waals surface area contributed by atoms with Crippen molar-refractivity contribution in [2.45, 2.75) is 5.37 Å². The lowest BCUT2D eigenvalue weighted by molar-refractivity contribution is -0.384. The Hall–Kier alpha value is -2.06. The van der Waals surface area contributed by atoms with E-state index in [1.54, 1.807) is 23.8 Å². The Bertz CT molecular complexity index is 813. The molecule has 2 aromatic carbocycles. The summed E-state index contributed by atoms with van der Waals surface area (Å²) in [4.78, 5) is 24.9. The van der Waals surface area contributed by atoms with E-state index in [1.165, 1.54) is 24.3 Å². The van der Waals surface area contributed by atoms with E-state index >= 15 is 0 Å². The molecule has 25 heavy (non-hydrogen) atoms. The van der Waals surface area contributed by atoms with Gasteiger partial charge in [-0.25, -0.2) is 0 Å². The Labute approximate surface area is 157 Å². The Morgan fingerprint density at radius 3 is 2.68 bits per heavy atom. The summed E-state index contributed by atoms with van der Waals surface area (Å²) in [6.07, 6.45) is 0. The molecule has 1 fully saturated rings. The molecule has 1 saturated heterocycles. The maximum atomic E-state index is 12.9. The molecular weight excluding hydrogens is 408 g/mol. The summed E-state index contributed by atoms with van der Waals surface area (Å²) in [6, 6.07) is 11.4. The highest BCUT2D eigenvalue weighted by molar-refractivity contribution is 9.10. The molecule has 0 aliphatic carbocycles. The van der Waals surface area contributed by atoms with Crippen LogP contribution in [0.15, 0.2) is 46.9 Å². The van der Waals surface area contributed by atoms with Gasteiger partial charge in [-0.2, -0.15) is 0 Å². The fraction of sp³-hybridized carbons (Fsp3) is 0.235. The summed E-state index contributed by atoms with van der Waals surface area (Å²) in [5.41, 5.74) is 1.33. The van der Waals surface area contributed by atoms with Crippen LogP contribution < -0.4 is 4.74 Å². The number of amides is 1. The number of methoxy groups -OCH3 is 1. The van der Waals surface area contributed by atoms with Gasteiger partial charge >= 0.3 is 0 Å². The molecule has 0 radical (unpaired) electrons. The number of nitro benzene ring substituents is 1.